The van der Waals surface area contributed by atoms with Crippen molar-refractivity contribution in [3.05, 3.63) is 65.0 Å². The number of hydrogen-bond donors (Lipinski definition) is 1. The number of nitrogens with one attached hydrogen (secondary N) is 1. The van der Waals surface area contributed by atoms with Crippen LogP contribution in [-0.2, 0) is 9.53 Å². The van der Waals surface area contributed by atoms with Crippen LogP contribution in [0.1, 0.15) is 62.1 Å². The lowest BCUT2D eigenvalue weighted by Gasteiger charge is -2.26. The lowest BCUT2D eigenvalue weighted by atomic mass is 10.1. The van der Waals surface area contributed by atoms with Crippen molar-refractivity contribution in [3.63, 3.8) is 0 Å². The second-order valence-electron chi connectivity index (χ2n) is 11.3. The van der Waals surface area contributed by atoms with Crippen LogP contribution in [0.3, 0.4) is 0 Å². The van der Waals surface area contributed by atoms with Crippen LogP contribution in [0.25, 0.3) is 11.0 Å². The third-order valence-corrected chi connectivity index (χ3v) is 7.02. The maximum atomic E-state index is 13.2. The zero-order chi connectivity index (χ0) is 29.7. The van der Waals surface area contributed by atoms with Gasteiger partial charge in [0.1, 0.15) is 5.60 Å². The van der Waals surface area contributed by atoms with Crippen LogP contribution in [0.4, 0.5) is 10.7 Å². The molecular weight excluding hydrogens is 544 g/mol. The smallest absolute Gasteiger partial charge is 0.410 e. The van der Waals surface area contributed by atoms with Crippen LogP contribution in [0, 0.1) is 6.92 Å². The number of imidazole rings is 1. The summed E-state index contributed by atoms with van der Waals surface area (Å²) in [5.74, 6) is -0.0778. The zero-order valence-electron chi connectivity index (χ0n) is 24.2. The van der Waals surface area contributed by atoms with Crippen LogP contribution in [0.2, 0.25) is 5.02 Å². The Bertz CT molecular complexity index is 1460. The topological polar surface area (TPSA) is 110 Å². The molecule has 3 amide bonds. The summed E-state index contributed by atoms with van der Waals surface area (Å²) < 4.78 is 7.32. The van der Waals surface area contributed by atoms with E-state index in [-0.39, 0.29) is 24.4 Å². The molecule has 0 saturated carbocycles. The number of ether oxygens (including phenoxy) is 1. The maximum Gasteiger partial charge on any atom is 0.410 e. The van der Waals surface area contributed by atoms with Crippen molar-refractivity contribution in [1.82, 2.24) is 24.3 Å². The van der Waals surface area contributed by atoms with Crippen LogP contribution in [0.5, 0.6) is 0 Å². The molecule has 1 saturated heterocycles. The molecule has 3 aromatic rings. The highest BCUT2D eigenvalue weighted by molar-refractivity contribution is 6.35. The number of nitrogens with zero attached hydrogens (tertiary/aromatic N) is 5. The van der Waals surface area contributed by atoms with E-state index in [0.29, 0.717) is 40.7 Å². The molecule has 1 atom stereocenters. The molecular formula is C30H37ClN6O4. The molecule has 218 valence electrons. The van der Waals surface area contributed by atoms with Gasteiger partial charge in [-0.25, -0.2) is 9.78 Å². The minimum Gasteiger partial charge on any atom is -0.444 e. The molecule has 1 aromatic carbocycles. The number of amides is 3. The number of halogens is 1. The van der Waals surface area contributed by atoms with Gasteiger partial charge in [0.15, 0.2) is 0 Å². The van der Waals surface area contributed by atoms with Crippen molar-refractivity contribution < 1.29 is 19.1 Å². The number of hydrogen-bond acceptors (Lipinski definition) is 6. The molecule has 3 heterocycles. The van der Waals surface area contributed by atoms with Crippen molar-refractivity contribution >= 4 is 46.5 Å². The predicted octanol–water partition coefficient (Wildman–Crippen LogP) is 5.62. The minimum absolute atomic E-state index is 0.150. The Hall–Kier alpha value is -3.92. The highest BCUT2D eigenvalue weighted by Gasteiger charge is 2.28. The van der Waals surface area contributed by atoms with Gasteiger partial charge >= 0.3 is 6.09 Å². The van der Waals surface area contributed by atoms with E-state index in [4.69, 9.17) is 21.3 Å². The van der Waals surface area contributed by atoms with Gasteiger partial charge in [0.2, 0.25) is 11.9 Å². The fraction of sp³-hybridized carbons (Fsp3) is 0.433. The molecule has 1 aliphatic heterocycles. The van der Waals surface area contributed by atoms with Crippen LogP contribution in [0.15, 0.2) is 48.7 Å². The Kier molecular flexibility index (Phi) is 9.32. The quantitative estimate of drug-likeness (QED) is 0.379. The van der Waals surface area contributed by atoms with E-state index in [1.807, 2.05) is 23.6 Å². The van der Waals surface area contributed by atoms with Gasteiger partial charge < -0.3 is 19.1 Å². The standard InChI is InChI=1S/C30H37ClN6O4/c1-20-18-21(14-15-32-20)27(39)34-28-33-24-12-8-11-23(31)26(24)37(28)22-10-6-7-17-36(19-22)25(38)13-9-16-35(5)29(40)41-30(2,3)4/h8-9,11-15,18,22H,6-7,10,16-17,19H2,1-5H3,(H,33,34,39). The summed E-state index contributed by atoms with van der Waals surface area (Å²) in [4.78, 5) is 50.7. The van der Waals surface area contributed by atoms with Crippen LogP contribution >= 0.6 is 11.6 Å². The van der Waals surface area contributed by atoms with Crippen molar-refractivity contribution in [2.45, 2.75) is 58.6 Å². The molecule has 11 heteroatoms. The molecule has 0 spiro atoms. The molecule has 10 nitrogen and oxygen atoms in total. The van der Waals surface area contributed by atoms with Crippen molar-refractivity contribution in [3.8, 4) is 0 Å². The van der Waals surface area contributed by atoms with Crippen LogP contribution in [-0.4, -0.2) is 74.5 Å². The summed E-state index contributed by atoms with van der Waals surface area (Å²) in [6, 6.07) is 8.67. The number of anilines is 1. The van der Waals surface area contributed by atoms with Gasteiger partial charge in [-0.05, 0) is 71.2 Å². The highest BCUT2D eigenvalue weighted by atomic mass is 35.5. The third kappa shape index (κ3) is 7.64. The summed E-state index contributed by atoms with van der Waals surface area (Å²) in [7, 11) is 1.63. The molecule has 41 heavy (non-hydrogen) atoms. The highest BCUT2D eigenvalue weighted by Crippen LogP contribution is 2.34. The molecule has 4 rings (SSSR count). The number of pyridine rings is 1. The Morgan fingerprint density at radius 3 is 2.73 bits per heavy atom. The molecule has 1 unspecified atom stereocenters. The van der Waals surface area contributed by atoms with Gasteiger partial charge in [0.05, 0.1) is 22.1 Å². The number of fused-ring (bicyclic) bond motifs is 1. The Morgan fingerprint density at radius 2 is 2.00 bits per heavy atom. The van der Waals surface area contributed by atoms with Crippen molar-refractivity contribution in [2.24, 2.45) is 0 Å². The Morgan fingerprint density at radius 1 is 1.22 bits per heavy atom. The second kappa shape index (κ2) is 12.7. The summed E-state index contributed by atoms with van der Waals surface area (Å²) in [5, 5.41) is 3.48. The fourth-order valence-electron chi connectivity index (χ4n) is 4.77. The van der Waals surface area contributed by atoms with Crippen molar-refractivity contribution in [2.75, 3.05) is 32.0 Å². The number of para-hydroxylation sites is 1. The largest absolute Gasteiger partial charge is 0.444 e. The predicted molar refractivity (Wildman–Crippen MR) is 159 cm³/mol. The van der Waals surface area contributed by atoms with E-state index in [2.05, 4.69) is 10.3 Å². The molecule has 1 N–H and O–H groups in total. The van der Waals surface area contributed by atoms with Gasteiger partial charge in [-0.3, -0.25) is 19.9 Å². The first-order valence-corrected chi connectivity index (χ1v) is 14.1. The first-order valence-electron chi connectivity index (χ1n) is 13.7. The van der Waals surface area contributed by atoms with E-state index in [1.54, 1.807) is 63.2 Å². The second-order valence-corrected chi connectivity index (χ2v) is 11.7. The zero-order valence-corrected chi connectivity index (χ0v) is 24.9. The number of aromatic nitrogens is 3. The first-order chi connectivity index (χ1) is 19.4. The van der Waals surface area contributed by atoms with Crippen molar-refractivity contribution in [1.29, 1.82) is 0 Å². The monoisotopic (exact) mass is 580 g/mol. The number of carbonyl (C=O) groups is 3. The number of likely N-dealkylation sites (N-methyl/N-ethyl adjacent to an activating group) is 1. The van der Waals surface area contributed by atoms with Gasteiger partial charge in [0.25, 0.3) is 5.91 Å². The SMILES string of the molecule is Cc1cc(C(=O)Nc2nc3cccc(Cl)c3n2C2CCCCN(C(=O)C=CCN(C)C(=O)OC(C)(C)C)C2)ccn1. The molecule has 2 aromatic heterocycles. The normalized spacial score (nSPS) is 16.0. The number of carbonyl (C=O) groups excluding carboxylic acids is 3. The van der Waals surface area contributed by atoms with Gasteiger partial charge in [-0.2, -0.15) is 0 Å². The van der Waals surface area contributed by atoms with Gasteiger partial charge in [-0.15, -0.1) is 0 Å². The molecule has 1 fully saturated rings. The van der Waals surface area contributed by atoms with E-state index in [9.17, 15) is 14.4 Å². The lowest BCUT2D eigenvalue weighted by molar-refractivity contribution is -0.126. The first kappa shape index (κ1) is 30.0. The van der Waals surface area contributed by atoms with E-state index >= 15 is 0 Å². The van der Waals surface area contributed by atoms with Crippen LogP contribution < -0.4 is 5.32 Å². The lowest BCUT2D eigenvalue weighted by Crippen LogP contribution is -2.35. The molecule has 0 radical (unpaired) electrons. The Balaban J connectivity index is 1.55. The van der Waals surface area contributed by atoms with Gasteiger partial charge in [0, 0.05) is 50.2 Å². The van der Waals surface area contributed by atoms with E-state index in [1.165, 1.54) is 11.0 Å². The van der Waals surface area contributed by atoms with E-state index < -0.39 is 11.7 Å². The summed E-state index contributed by atoms with van der Waals surface area (Å²) in [6.07, 6.45) is 6.81. The Labute approximate surface area is 245 Å². The molecule has 0 aliphatic carbocycles. The fourth-order valence-corrected chi connectivity index (χ4v) is 5.03. The summed E-state index contributed by atoms with van der Waals surface area (Å²) in [5.41, 5.74) is 1.98. The summed E-state index contributed by atoms with van der Waals surface area (Å²) in [6.45, 7) is 8.50. The van der Waals surface area contributed by atoms with E-state index in [0.717, 1.165) is 25.0 Å². The summed E-state index contributed by atoms with van der Waals surface area (Å²) >= 11 is 6.66. The maximum absolute atomic E-state index is 13.2. The number of likely N-dealkylation sites (tertiary alicyclic amines) is 1. The average molecular weight is 581 g/mol. The third-order valence-electron chi connectivity index (χ3n) is 6.71. The van der Waals surface area contributed by atoms with Gasteiger partial charge in [-0.1, -0.05) is 23.7 Å². The molecule has 1 aliphatic rings. The number of rotatable bonds is 6. The number of aryl methyl sites for hydroxylation is 1. The molecule has 0 bridgehead atoms. The number of benzene rings is 1. The minimum atomic E-state index is -0.595. The average Bonchev–Trinajstić information content (AvgIpc) is 3.09.